The van der Waals surface area contributed by atoms with Crippen LogP contribution in [0.15, 0.2) is 28.3 Å². The average Bonchev–Trinajstić information content (AvgIpc) is 2.47. The molecule has 0 aromatic heterocycles. The topological polar surface area (TPSA) is 9.23 Å². The zero-order valence-electron chi connectivity index (χ0n) is 5.88. The summed E-state index contributed by atoms with van der Waals surface area (Å²) in [6.07, 6.45) is 0. The van der Waals surface area contributed by atoms with Crippen molar-refractivity contribution >= 4 is 28.2 Å². The van der Waals surface area contributed by atoms with Gasteiger partial charge in [0.05, 0.1) is 0 Å². The van der Waals surface area contributed by atoms with E-state index >= 15 is 0 Å². The highest BCUT2D eigenvalue weighted by molar-refractivity contribution is 14.1. The van der Waals surface area contributed by atoms with Crippen LogP contribution < -0.4 is 4.74 Å². The van der Waals surface area contributed by atoms with E-state index in [1.165, 1.54) is 11.1 Å². The van der Waals surface area contributed by atoms with Crippen LogP contribution in [0.1, 0.15) is 5.56 Å². The van der Waals surface area contributed by atoms with Gasteiger partial charge in [-0.2, -0.15) is 0 Å². The Morgan fingerprint density at radius 2 is 2.18 bits per heavy atom. The molecule has 0 radical (unpaired) electrons. The molecule has 56 valence electrons. The molecule has 0 atom stereocenters. The number of hydrogen-bond acceptors (Lipinski definition) is 1. The minimum Gasteiger partial charge on any atom is -0.488 e. The Morgan fingerprint density at radius 3 is 3.00 bits per heavy atom. The van der Waals surface area contributed by atoms with Crippen molar-refractivity contribution in [3.8, 4) is 5.75 Å². The molecule has 0 N–H and O–H groups in total. The Labute approximate surface area is 79.2 Å². The molecule has 1 nitrogen and oxygen atoms in total. The maximum atomic E-state index is 5.43. The second kappa shape index (κ2) is 2.85. The van der Waals surface area contributed by atoms with Crippen LogP contribution in [0.25, 0.3) is 5.57 Å². The molecule has 1 heterocycles. The van der Waals surface area contributed by atoms with Crippen molar-refractivity contribution < 1.29 is 4.74 Å². The second-order valence-corrected chi connectivity index (χ2v) is 3.04. The van der Waals surface area contributed by atoms with Gasteiger partial charge in [0.15, 0.2) is 0 Å². The lowest BCUT2D eigenvalue weighted by molar-refractivity contribution is 0.388. The number of fused-ring (bicyclic) bond motifs is 1. The van der Waals surface area contributed by atoms with E-state index in [1.54, 1.807) is 0 Å². The zero-order chi connectivity index (χ0) is 7.68. The van der Waals surface area contributed by atoms with E-state index in [2.05, 4.69) is 32.7 Å². The summed E-state index contributed by atoms with van der Waals surface area (Å²) in [5.74, 6) is 1.01. The quantitative estimate of drug-likeness (QED) is 0.650. The van der Waals surface area contributed by atoms with E-state index < -0.39 is 0 Å². The van der Waals surface area contributed by atoms with Crippen LogP contribution >= 0.6 is 22.6 Å². The molecule has 0 unspecified atom stereocenters. The van der Waals surface area contributed by atoms with Gasteiger partial charge in [-0.15, -0.1) is 0 Å². The maximum Gasteiger partial charge on any atom is 0.127 e. The monoisotopic (exact) mass is 258 g/mol. The third-order valence-corrected chi connectivity index (χ3v) is 2.50. The van der Waals surface area contributed by atoms with Crippen molar-refractivity contribution in [2.45, 2.75) is 0 Å². The van der Waals surface area contributed by atoms with Crippen molar-refractivity contribution in [1.29, 1.82) is 0 Å². The normalized spacial score (nSPS) is 18.1. The van der Waals surface area contributed by atoms with Gasteiger partial charge in [-0.3, -0.25) is 0 Å². The molecule has 0 fully saturated rings. The summed E-state index contributed by atoms with van der Waals surface area (Å²) in [5.41, 5.74) is 2.52. The van der Waals surface area contributed by atoms with Gasteiger partial charge in [-0.1, -0.05) is 40.8 Å². The summed E-state index contributed by atoms with van der Waals surface area (Å²) in [5, 5.41) is 0. The standard InChI is InChI=1S/C9H7IO/c10-5-7-6-11-9-4-2-1-3-8(7)9/h1-5H,6H2/b7-5-. The first-order valence-electron chi connectivity index (χ1n) is 3.43. The molecule has 0 amide bonds. The van der Waals surface area contributed by atoms with E-state index in [0.29, 0.717) is 0 Å². The van der Waals surface area contributed by atoms with E-state index in [1.807, 2.05) is 18.2 Å². The van der Waals surface area contributed by atoms with Gasteiger partial charge in [0.1, 0.15) is 12.4 Å². The number of rotatable bonds is 0. The van der Waals surface area contributed by atoms with Crippen LogP contribution in [0.3, 0.4) is 0 Å². The minimum atomic E-state index is 0.724. The Kier molecular flexibility index (Phi) is 1.85. The first-order chi connectivity index (χ1) is 5.42. The van der Waals surface area contributed by atoms with Gasteiger partial charge in [-0.25, -0.2) is 0 Å². The summed E-state index contributed by atoms with van der Waals surface area (Å²) in [4.78, 5) is 0. The van der Waals surface area contributed by atoms with Gasteiger partial charge in [0.2, 0.25) is 0 Å². The van der Waals surface area contributed by atoms with Crippen molar-refractivity contribution in [3.05, 3.63) is 33.9 Å². The van der Waals surface area contributed by atoms with Gasteiger partial charge in [0, 0.05) is 11.1 Å². The second-order valence-electron chi connectivity index (χ2n) is 2.42. The number of para-hydroxylation sites is 1. The first kappa shape index (κ1) is 7.16. The van der Waals surface area contributed by atoms with E-state index in [4.69, 9.17) is 4.74 Å². The van der Waals surface area contributed by atoms with Crippen LogP contribution in [0, 0.1) is 0 Å². The SMILES string of the molecule is I/C=C1/COc2ccccc21. The molecule has 0 saturated carbocycles. The number of ether oxygens (including phenoxy) is 1. The van der Waals surface area contributed by atoms with E-state index in [0.717, 1.165) is 12.4 Å². The first-order valence-corrected chi connectivity index (χ1v) is 4.68. The number of halogens is 1. The molecule has 0 saturated heterocycles. The Hall–Kier alpha value is -0.510. The fraction of sp³-hybridized carbons (Fsp3) is 0.111. The lowest BCUT2D eigenvalue weighted by Gasteiger charge is -1.93. The average molecular weight is 258 g/mol. The molecule has 2 heteroatoms. The predicted octanol–water partition coefficient (Wildman–Crippen LogP) is 2.85. The molecule has 2 rings (SSSR count). The maximum absolute atomic E-state index is 5.43. The zero-order valence-corrected chi connectivity index (χ0v) is 8.04. The Bertz CT molecular complexity index is 304. The molecule has 1 aliphatic heterocycles. The largest absolute Gasteiger partial charge is 0.488 e. The van der Waals surface area contributed by atoms with Crippen molar-refractivity contribution in [3.63, 3.8) is 0 Å². The van der Waals surface area contributed by atoms with Crippen LogP contribution in [-0.4, -0.2) is 6.61 Å². The third-order valence-electron chi connectivity index (χ3n) is 1.75. The smallest absolute Gasteiger partial charge is 0.127 e. The highest BCUT2D eigenvalue weighted by atomic mass is 127. The van der Waals surface area contributed by atoms with Gasteiger partial charge >= 0.3 is 0 Å². The van der Waals surface area contributed by atoms with Crippen LogP contribution in [0.2, 0.25) is 0 Å². The molecule has 1 aliphatic rings. The lowest BCUT2D eigenvalue weighted by atomic mass is 10.1. The van der Waals surface area contributed by atoms with Crippen LogP contribution in [0.4, 0.5) is 0 Å². The molecular weight excluding hydrogens is 251 g/mol. The Balaban J connectivity index is 2.55. The molecule has 0 bridgehead atoms. The van der Waals surface area contributed by atoms with E-state index in [-0.39, 0.29) is 0 Å². The van der Waals surface area contributed by atoms with Gasteiger partial charge in [0.25, 0.3) is 0 Å². The van der Waals surface area contributed by atoms with Crippen LogP contribution in [0.5, 0.6) is 5.75 Å². The number of benzene rings is 1. The predicted molar refractivity (Wildman–Crippen MR) is 53.9 cm³/mol. The lowest BCUT2D eigenvalue weighted by Crippen LogP contribution is -1.85. The van der Waals surface area contributed by atoms with Crippen LogP contribution in [-0.2, 0) is 0 Å². The minimum absolute atomic E-state index is 0.724. The number of hydrogen-bond donors (Lipinski definition) is 0. The summed E-state index contributed by atoms with van der Waals surface area (Å²) >= 11 is 2.24. The highest BCUT2D eigenvalue weighted by Gasteiger charge is 2.15. The molecule has 0 aliphatic carbocycles. The summed E-state index contributed by atoms with van der Waals surface area (Å²) in [7, 11) is 0. The fourth-order valence-corrected chi connectivity index (χ4v) is 1.70. The summed E-state index contributed by atoms with van der Waals surface area (Å²) in [6, 6.07) is 8.12. The van der Waals surface area contributed by atoms with Crippen molar-refractivity contribution in [2.75, 3.05) is 6.61 Å². The van der Waals surface area contributed by atoms with Crippen molar-refractivity contribution in [1.82, 2.24) is 0 Å². The third kappa shape index (κ3) is 1.15. The Morgan fingerprint density at radius 1 is 1.36 bits per heavy atom. The molecule has 1 aromatic rings. The molecule has 1 aromatic carbocycles. The van der Waals surface area contributed by atoms with Gasteiger partial charge < -0.3 is 4.74 Å². The summed E-state index contributed by atoms with van der Waals surface area (Å²) in [6.45, 7) is 0.724. The fourth-order valence-electron chi connectivity index (χ4n) is 1.18. The van der Waals surface area contributed by atoms with E-state index in [9.17, 15) is 0 Å². The summed E-state index contributed by atoms with van der Waals surface area (Å²) < 4.78 is 7.50. The van der Waals surface area contributed by atoms with Gasteiger partial charge in [-0.05, 0) is 10.1 Å². The van der Waals surface area contributed by atoms with Crippen molar-refractivity contribution in [2.24, 2.45) is 0 Å². The highest BCUT2D eigenvalue weighted by Crippen LogP contribution is 2.32. The molecular formula is C9H7IO. The molecule has 11 heavy (non-hydrogen) atoms. The molecule has 0 spiro atoms.